The lowest BCUT2D eigenvalue weighted by molar-refractivity contribution is -0.133. The largest absolute Gasteiger partial charge is 0.507 e. The molecule has 0 radical (unpaired) electrons. The first-order valence-electron chi connectivity index (χ1n) is 7.14. The molecule has 0 heterocycles. The second-order valence-corrected chi connectivity index (χ2v) is 6.52. The number of phenolic OH excluding ortho intramolecular Hbond substituents is 1. The van der Waals surface area contributed by atoms with Gasteiger partial charge in [-0.05, 0) is 49.1 Å². The number of carbonyl (C=O) groups is 2. The van der Waals surface area contributed by atoms with Crippen molar-refractivity contribution in [2.75, 3.05) is 0 Å². The summed E-state index contributed by atoms with van der Waals surface area (Å²) in [6.45, 7) is 8.81. The summed E-state index contributed by atoms with van der Waals surface area (Å²) in [4.78, 5) is 22.0. The highest BCUT2D eigenvalue weighted by atomic mass is 16.4. The van der Waals surface area contributed by atoms with Crippen molar-refractivity contribution in [1.82, 2.24) is 0 Å². The Morgan fingerprint density at radius 1 is 0.913 bits per heavy atom. The first kappa shape index (κ1) is 18.5. The number of aromatic hydroxyl groups is 1. The Balaban J connectivity index is 3.65. The van der Waals surface area contributed by atoms with Gasteiger partial charge in [0.15, 0.2) is 0 Å². The molecule has 5 heteroatoms. The van der Waals surface area contributed by atoms with Gasteiger partial charge in [0.25, 0.3) is 0 Å². The smallest absolute Gasteiger partial charge is 0.331 e. The van der Waals surface area contributed by atoms with E-state index in [9.17, 15) is 14.7 Å². The van der Waals surface area contributed by atoms with Crippen LogP contribution >= 0.6 is 0 Å². The van der Waals surface area contributed by atoms with E-state index in [0.29, 0.717) is 11.1 Å². The second-order valence-electron chi connectivity index (χ2n) is 6.52. The molecule has 0 atom stereocenters. The average molecular weight is 318 g/mol. The van der Waals surface area contributed by atoms with Gasteiger partial charge in [-0.15, -0.1) is 0 Å². The summed E-state index contributed by atoms with van der Waals surface area (Å²) >= 11 is 0. The van der Waals surface area contributed by atoms with Gasteiger partial charge < -0.3 is 15.3 Å². The zero-order chi connectivity index (χ0) is 17.9. The number of aliphatic carboxylic acids is 2. The van der Waals surface area contributed by atoms with Crippen molar-refractivity contribution in [3.63, 3.8) is 0 Å². The molecule has 0 fully saturated rings. The summed E-state index contributed by atoms with van der Waals surface area (Å²) < 4.78 is 0. The fraction of sp³-hybridized carbons (Fsp3) is 0.333. The van der Waals surface area contributed by atoms with Crippen LogP contribution in [0.15, 0.2) is 23.3 Å². The molecule has 0 aromatic heterocycles. The van der Waals surface area contributed by atoms with Crippen LogP contribution in [0.25, 0.3) is 12.2 Å². The summed E-state index contributed by atoms with van der Waals surface area (Å²) in [6, 6.07) is 3.43. The molecule has 0 aliphatic heterocycles. The minimum absolute atomic E-state index is 0.0799. The van der Waals surface area contributed by atoms with Crippen molar-refractivity contribution in [3.8, 4) is 5.75 Å². The highest BCUT2D eigenvalue weighted by molar-refractivity contribution is 5.94. The fourth-order valence-corrected chi connectivity index (χ4v) is 1.92. The van der Waals surface area contributed by atoms with Gasteiger partial charge in [0.1, 0.15) is 5.75 Å². The highest BCUT2D eigenvalue weighted by Gasteiger charge is 2.18. The van der Waals surface area contributed by atoms with E-state index >= 15 is 0 Å². The van der Waals surface area contributed by atoms with E-state index in [1.165, 1.54) is 26.0 Å². The lowest BCUT2D eigenvalue weighted by Gasteiger charge is -2.21. The van der Waals surface area contributed by atoms with Gasteiger partial charge in [-0.2, -0.15) is 0 Å². The predicted octanol–water partition coefficient (Wildman–Crippen LogP) is 3.67. The van der Waals surface area contributed by atoms with Crippen molar-refractivity contribution in [1.29, 1.82) is 0 Å². The maximum atomic E-state index is 11.0. The van der Waals surface area contributed by atoms with Gasteiger partial charge in [0, 0.05) is 22.3 Å². The van der Waals surface area contributed by atoms with Crippen molar-refractivity contribution in [2.24, 2.45) is 0 Å². The van der Waals surface area contributed by atoms with E-state index in [-0.39, 0.29) is 22.3 Å². The number of carboxylic acids is 2. The minimum atomic E-state index is -1.08. The number of carboxylic acid groups (broad SMARTS) is 2. The Bertz CT molecular complexity index is 652. The number of benzene rings is 1. The second kappa shape index (κ2) is 6.69. The predicted molar refractivity (Wildman–Crippen MR) is 89.4 cm³/mol. The molecule has 124 valence electrons. The molecule has 0 saturated heterocycles. The average Bonchev–Trinajstić information content (AvgIpc) is 2.41. The third-order valence-electron chi connectivity index (χ3n) is 3.45. The first-order chi connectivity index (χ1) is 10.4. The fourth-order valence-electron chi connectivity index (χ4n) is 1.92. The normalized spacial score (nSPS) is 13.1. The third kappa shape index (κ3) is 4.71. The summed E-state index contributed by atoms with van der Waals surface area (Å²) in [6.07, 6.45) is 2.75. The molecule has 1 aromatic carbocycles. The van der Waals surface area contributed by atoms with Crippen molar-refractivity contribution in [3.05, 3.63) is 40.0 Å². The molecule has 0 bridgehead atoms. The molecule has 23 heavy (non-hydrogen) atoms. The van der Waals surface area contributed by atoms with Crippen LogP contribution in [0.3, 0.4) is 0 Å². The molecule has 3 N–H and O–H groups in total. The zero-order valence-electron chi connectivity index (χ0n) is 14.0. The molecule has 0 spiro atoms. The molecule has 1 rings (SSSR count). The lowest BCUT2D eigenvalue weighted by Crippen LogP contribution is -2.11. The van der Waals surface area contributed by atoms with E-state index in [1.807, 2.05) is 20.8 Å². The zero-order valence-corrected chi connectivity index (χ0v) is 14.0. The summed E-state index contributed by atoms with van der Waals surface area (Å²) in [5.74, 6) is -2.30. The van der Waals surface area contributed by atoms with Gasteiger partial charge in [0.2, 0.25) is 0 Å². The highest BCUT2D eigenvalue weighted by Crippen LogP contribution is 2.33. The van der Waals surface area contributed by atoms with E-state index in [1.54, 1.807) is 12.1 Å². The van der Waals surface area contributed by atoms with Crippen LogP contribution in [-0.4, -0.2) is 27.3 Å². The van der Waals surface area contributed by atoms with Gasteiger partial charge in [-0.25, -0.2) is 9.59 Å². The van der Waals surface area contributed by atoms with E-state index < -0.39 is 11.9 Å². The van der Waals surface area contributed by atoms with Crippen molar-refractivity contribution < 1.29 is 24.9 Å². The van der Waals surface area contributed by atoms with Crippen LogP contribution in [0.4, 0.5) is 0 Å². The summed E-state index contributed by atoms with van der Waals surface area (Å²) in [5.41, 5.74) is 1.48. The third-order valence-corrected chi connectivity index (χ3v) is 3.45. The van der Waals surface area contributed by atoms with Crippen LogP contribution in [0, 0.1) is 0 Å². The molecule has 0 saturated carbocycles. The maximum absolute atomic E-state index is 11.0. The van der Waals surface area contributed by atoms with Gasteiger partial charge in [-0.1, -0.05) is 20.8 Å². The Morgan fingerprint density at radius 2 is 1.26 bits per heavy atom. The Morgan fingerprint density at radius 3 is 1.52 bits per heavy atom. The number of rotatable bonds is 4. The van der Waals surface area contributed by atoms with Gasteiger partial charge in [0.05, 0.1) is 0 Å². The van der Waals surface area contributed by atoms with Gasteiger partial charge in [-0.3, -0.25) is 0 Å². The number of hydrogen-bond donors (Lipinski definition) is 3. The lowest BCUT2D eigenvalue weighted by atomic mass is 9.84. The van der Waals surface area contributed by atoms with E-state index in [0.717, 1.165) is 5.56 Å². The Hall–Kier alpha value is -2.56. The SMILES string of the molecule is C/C(=C\c1cc(C(C)(C)C)cc(/C=C(\C)C(=O)O)c1O)C(=O)O. The molecule has 0 unspecified atom stereocenters. The molecule has 1 aromatic rings. The number of phenols is 1. The van der Waals surface area contributed by atoms with Gasteiger partial charge >= 0.3 is 11.9 Å². The summed E-state index contributed by atoms with van der Waals surface area (Å²) in [5, 5.41) is 28.4. The molecule has 0 amide bonds. The molecule has 0 aliphatic rings. The quantitative estimate of drug-likeness (QED) is 0.736. The van der Waals surface area contributed by atoms with Crippen LogP contribution in [0.5, 0.6) is 5.75 Å². The maximum Gasteiger partial charge on any atom is 0.331 e. The monoisotopic (exact) mass is 318 g/mol. The number of hydrogen-bond acceptors (Lipinski definition) is 3. The first-order valence-corrected chi connectivity index (χ1v) is 7.14. The van der Waals surface area contributed by atoms with Crippen LogP contribution in [0.2, 0.25) is 0 Å². The topological polar surface area (TPSA) is 94.8 Å². The minimum Gasteiger partial charge on any atom is -0.507 e. The Kier molecular flexibility index (Phi) is 5.38. The van der Waals surface area contributed by atoms with Crippen LogP contribution in [-0.2, 0) is 15.0 Å². The summed E-state index contributed by atoms with van der Waals surface area (Å²) in [7, 11) is 0. The van der Waals surface area contributed by atoms with Crippen LogP contribution in [0.1, 0.15) is 51.3 Å². The van der Waals surface area contributed by atoms with Crippen molar-refractivity contribution in [2.45, 2.75) is 40.0 Å². The standard InChI is InChI=1S/C18H22O5/c1-10(16(20)21)6-12-8-14(18(3,4)5)9-13(15(12)19)7-11(2)17(22)23/h6-9,19H,1-5H3,(H,20,21)(H,22,23)/b10-6+,11-7+. The Labute approximate surface area is 135 Å². The molecule has 5 nitrogen and oxygen atoms in total. The van der Waals surface area contributed by atoms with E-state index in [2.05, 4.69) is 0 Å². The molecular weight excluding hydrogens is 296 g/mol. The molecular formula is C18H22O5. The van der Waals surface area contributed by atoms with Crippen molar-refractivity contribution >= 4 is 24.1 Å². The van der Waals surface area contributed by atoms with E-state index in [4.69, 9.17) is 10.2 Å². The molecule has 0 aliphatic carbocycles. The van der Waals surface area contributed by atoms with Crippen LogP contribution < -0.4 is 0 Å².